The molecule has 0 fully saturated rings. The van der Waals surface area contributed by atoms with Crippen LogP contribution in [0.3, 0.4) is 0 Å². The molecule has 0 spiro atoms. The molecule has 0 aliphatic carbocycles. The molecule has 1 amide bonds. The molecule has 1 aromatic heterocycles. The first-order valence-electron chi connectivity index (χ1n) is 5.65. The summed E-state index contributed by atoms with van der Waals surface area (Å²) in [4.78, 5) is 26.1. The van der Waals surface area contributed by atoms with Crippen molar-refractivity contribution in [2.45, 2.75) is 6.92 Å². The standard InChI is InChI=1S/C13H14N2O3/c1-3-14-12(16)10-7-15-11-6-8(13(17)18-2)4-5-9(10)11/h4-7,15H,3H2,1-2H3,(H,14,16). The molecule has 1 aromatic carbocycles. The van der Waals surface area contributed by atoms with Crippen LogP contribution in [0.4, 0.5) is 0 Å². The summed E-state index contributed by atoms with van der Waals surface area (Å²) in [5.74, 6) is -0.527. The molecule has 2 rings (SSSR count). The Labute approximate surface area is 104 Å². The lowest BCUT2D eigenvalue weighted by Gasteiger charge is -2.01. The van der Waals surface area contributed by atoms with Crippen LogP contribution in [0.2, 0.25) is 0 Å². The van der Waals surface area contributed by atoms with Gasteiger partial charge in [-0.2, -0.15) is 0 Å². The predicted octanol–water partition coefficient (Wildman–Crippen LogP) is 1.70. The third-order valence-electron chi connectivity index (χ3n) is 2.68. The van der Waals surface area contributed by atoms with Gasteiger partial charge in [0.1, 0.15) is 0 Å². The molecule has 0 saturated carbocycles. The molecule has 2 N–H and O–H groups in total. The molecule has 2 aromatic rings. The number of methoxy groups -OCH3 is 1. The molecule has 94 valence electrons. The van der Waals surface area contributed by atoms with E-state index < -0.39 is 5.97 Å². The fraction of sp³-hybridized carbons (Fsp3) is 0.231. The number of aromatic amines is 1. The van der Waals surface area contributed by atoms with Crippen LogP contribution >= 0.6 is 0 Å². The lowest BCUT2D eigenvalue weighted by Crippen LogP contribution is -2.22. The van der Waals surface area contributed by atoms with E-state index in [1.807, 2.05) is 6.92 Å². The van der Waals surface area contributed by atoms with Gasteiger partial charge in [-0.05, 0) is 19.1 Å². The molecule has 5 heteroatoms. The molecule has 0 bridgehead atoms. The van der Waals surface area contributed by atoms with Gasteiger partial charge >= 0.3 is 5.97 Å². The van der Waals surface area contributed by atoms with Gasteiger partial charge in [0.05, 0.1) is 18.2 Å². The van der Waals surface area contributed by atoms with Crippen LogP contribution in [0.15, 0.2) is 24.4 Å². The molecular formula is C13H14N2O3. The highest BCUT2D eigenvalue weighted by atomic mass is 16.5. The highest BCUT2D eigenvalue weighted by molar-refractivity contribution is 6.07. The normalized spacial score (nSPS) is 10.3. The number of carbonyl (C=O) groups excluding carboxylic acids is 2. The summed E-state index contributed by atoms with van der Waals surface area (Å²) in [5, 5.41) is 3.52. The molecule has 0 radical (unpaired) electrons. The van der Waals surface area contributed by atoms with Crippen molar-refractivity contribution in [2.75, 3.05) is 13.7 Å². The maximum Gasteiger partial charge on any atom is 0.337 e. The number of hydrogen-bond acceptors (Lipinski definition) is 3. The van der Waals surface area contributed by atoms with Crippen molar-refractivity contribution in [2.24, 2.45) is 0 Å². The number of aromatic nitrogens is 1. The molecule has 5 nitrogen and oxygen atoms in total. The molecule has 0 unspecified atom stereocenters. The Kier molecular flexibility index (Phi) is 3.32. The van der Waals surface area contributed by atoms with E-state index in [1.165, 1.54) is 7.11 Å². The first-order chi connectivity index (χ1) is 8.67. The zero-order valence-electron chi connectivity index (χ0n) is 10.2. The molecule has 0 aliphatic heterocycles. The number of benzene rings is 1. The van der Waals surface area contributed by atoms with E-state index in [2.05, 4.69) is 15.0 Å². The van der Waals surface area contributed by atoms with E-state index in [-0.39, 0.29) is 5.91 Å². The second kappa shape index (κ2) is 4.91. The number of carbonyl (C=O) groups is 2. The van der Waals surface area contributed by atoms with Crippen molar-refractivity contribution < 1.29 is 14.3 Å². The van der Waals surface area contributed by atoms with Gasteiger partial charge in [0.15, 0.2) is 0 Å². The Morgan fingerprint density at radius 2 is 2.17 bits per heavy atom. The summed E-state index contributed by atoms with van der Waals surface area (Å²) in [6, 6.07) is 5.05. The zero-order chi connectivity index (χ0) is 13.1. The predicted molar refractivity (Wildman–Crippen MR) is 67.6 cm³/mol. The number of hydrogen-bond donors (Lipinski definition) is 2. The van der Waals surface area contributed by atoms with E-state index in [4.69, 9.17) is 0 Å². The van der Waals surface area contributed by atoms with Crippen molar-refractivity contribution >= 4 is 22.8 Å². The van der Waals surface area contributed by atoms with E-state index in [9.17, 15) is 9.59 Å². The van der Waals surface area contributed by atoms with E-state index in [1.54, 1.807) is 24.4 Å². The SMILES string of the molecule is CCNC(=O)c1c[nH]c2cc(C(=O)OC)ccc12. The number of rotatable bonds is 3. The van der Waals surface area contributed by atoms with Crippen LogP contribution in [-0.4, -0.2) is 30.5 Å². The maximum atomic E-state index is 11.8. The Morgan fingerprint density at radius 1 is 1.39 bits per heavy atom. The Bertz CT molecular complexity index is 601. The summed E-state index contributed by atoms with van der Waals surface area (Å²) in [5.41, 5.74) is 1.76. The number of ether oxygens (including phenoxy) is 1. The topological polar surface area (TPSA) is 71.2 Å². The van der Waals surface area contributed by atoms with Crippen molar-refractivity contribution in [1.82, 2.24) is 10.3 Å². The van der Waals surface area contributed by atoms with E-state index >= 15 is 0 Å². The summed E-state index contributed by atoms with van der Waals surface area (Å²) >= 11 is 0. The summed E-state index contributed by atoms with van der Waals surface area (Å²) in [6.07, 6.45) is 1.64. The second-order valence-corrected chi connectivity index (χ2v) is 3.81. The number of nitrogens with one attached hydrogen (secondary N) is 2. The molecule has 0 saturated heterocycles. The van der Waals surface area contributed by atoms with Gasteiger partial charge < -0.3 is 15.0 Å². The smallest absolute Gasteiger partial charge is 0.337 e. The summed E-state index contributed by atoms with van der Waals surface area (Å²) < 4.78 is 4.65. The van der Waals surface area contributed by atoms with Gasteiger partial charge in [-0.3, -0.25) is 4.79 Å². The fourth-order valence-corrected chi connectivity index (χ4v) is 1.81. The maximum absolute atomic E-state index is 11.8. The van der Waals surface area contributed by atoms with Gasteiger partial charge in [0, 0.05) is 23.6 Å². The van der Waals surface area contributed by atoms with Crippen molar-refractivity contribution in [1.29, 1.82) is 0 Å². The number of esters is 1. The minimum atomic E-state index is -0.397. The quantitative estimate of drug-likeness (QED) is 0.810. The number of fused-ring (bicyclic) bond motifs is 1. The second-order valence-electron chi connectivity index (χ2n) is 3.81. The van der Waals surface area contributed by atoms with Crippen LogP contribution in [0.25, 0.3) is 10.9 Å². The first-order valence-corrected chi connectivity index (χ1v) is 5.65. The van der Waals surface area contributed by atoms with E-state index in [0.29, 0.717) is 17.7 Å². The lowest BCUT2D eigenvalue weighted by molar-refractivity contribution is 0.0600. The Balaban J connectivity index is 2.43. The molecule has 1 heterocycles. The minimum Gasteiger partial charge on any atom is -0.465 e. The largest absolute Gasteiger partial charge is 0.465 e. The van der Waals surface area contributed by atoms with Crippen molar-refractivity contribution in [3.8, 4) is 0 Å². The third-order valence-corrected chi connectivity index (χ3v) is 2.68. The van der Waals surface area contributed by atoms with Crippen LogP contribution in [0.5, 0.6) is 0 Å². The fourth-order valence-electron chi connectivity index (χ4n) is 1.81. The molecular weight excluding hydrogens is 232 g/mol. The van der Waals surface area contributed by atoms with Crippen molar-refractivity contribution in [3.05, 3.63) is 35.5 Å². The van der Waals surface area contributed by atoms with Gasteiger partial charge in [0.25, 0.3) is 5.91 Å². The van der Waals surface area contributed by atoms with Crippen molar-refractivity contribution in [3.63, 3.8) is 0 Å². The number of H-pyrrole nitrogens is 1. The number of amides is 1. The van der Waals surface area contributed by atoms with Gasteiger partial charge in [-0.1, -0.05) is 6.07 Å². The Morgan fingerprint density at radius 3 is 2.83 bits per heavy atom. The summed E-state index contributed by atoms with van der Waals surface area (Å²) in [7, 11) is 1.33. The summed E-state index contributed by atoms with van der Waals surface area (Å²) in [6.45, 7) is 2.44. The molecule has 0 atom stereocenters. The van der Waals surface area contributed by atoms with Crippen LogP contribution in [-0.2, 0) is 4.74 Å². The first kappa shape index (κ1) is 12.2. The molecule has 0 aliphatic rings. The lowest BCUT2D eigenvalue weighted by atomic mass is 10.1. The van der Waals surface area contributed by atoms with Crippen LogP contribution in [0, 0.1) is 0 Å². The third kappa shape index (κ3) is 2.07. The average Bonchev–Trinajstić information content (AvgIpc) is 2.80. The van der Waals surface area contributed by atoms with Gasteiger partial charge in [0.2, 0.25) is 0 Å². The zero-order valence-corrected chi connectivity index (χ0v) is 10.2. The molecule has 18 heavy (non-hydrogen) atoms. The minimum absolute atomic E-state index is 0.130. The van der Waals surface area contributed by atoms with Gasteiger partial charge in [-0.15, -0.1) is 0 Å². The van der Waals surface area contributed by atoms with Gasteiger partial charge in [-0.25, -0.2) is 4.79 Å². The highest BCUT2D eigenvalue weighted by Gasteiger charge is 2.13. The average molecular weight is 246 g/mol. The van der Waals surface area contributed by atoms with E-state index in [0.717, 1.165) is 10.9 Å². The monoisotopic (exact) mass is 246 g/mol. The highest BCUT2D eigenvalue weighted by Crippen LogP contribution is 2.20. The van der Waals surface area contributed by atoms with Crippen LogP contribution in [0.1, 0.15) is 27.6 Å². The van der Waals surface area contributed by atoms with Crippen LogP contribution < -0.4 is 5.32 Å². The Hall–Kier alpha value is -2.30.